The summed E-state index contributed by atoms with van der Waals surface area (Å²) in [5.74, 6) is -1.10. The van der Waals surface area contributed by atoms with E-state index in [9.17, 15) is 23.1 Å². The number of carbonyl (C=O) groups is 1. The van der Waals surface area contributed by atoms with Crippen LogP contribution >= 0.6 is 0 Å². The number of para-hydroxylation sites is 1. The first kappa shape index (κ1) is 17.6. The zero-order chi connectivity index (χ0) is 19.2. The second-order valence-electron chi connectivity index (χ2n) is 6.57. The molecule has 0 bridgehead atoms. The van der Waals surface area contributed by atoms with Crippen molar-refractivity contribution in [3.63, 3.8) is 0 Å². The van der Waals surface area contributed by atoms with E-state index in [0.717, 1.165) is 6.07 Å². The Hall–Kier alpha value is -2.80. The van der Waals surface area contributed by atoms with Gasteiger partial charge >= 0.3 is 12.1 Å². The van der Waals surface area contributed by atoms with Crippen molar-refractivity contribution >= 4 is 16.9 Å². The van der Waals surface area contributed by atoms with E-state index in [0.29, 0.717) is 28.6 Å². The molecule has 140 valence electrons. The van der Waals surface area contributed by atoms with Crippen LogP contribution in [0.4, 0.5) is 13.2 Å². The summed E-state index contributed by atoms with van der Waals surface area (Å²) >= 11 is 0. The van der Waals surface area contributed by atoms with Crippen LogP contribution in [-0.2, 0) is 27.7 Å². The summed E-state index contributed by atoms with van der Waals surface area (Å²) < 4.78 is 46.3. The number of alkyl halides is 3. The van der Waals surface area contributed by atoms with Gasteiger partial charge in [0, 0.05) is 5.39 Å². The van der Waals surface area contributed by atoms with Crippen molar-refractivity contribution in [2.24, 2.45) is 0 Å². The lowest BCUT2D eigenvalue weighted by Gasteiger charge is -2.36. The molecule has 2 N–H and O–H groups in total. The molecule has 0 saturated carbocycles. The first-order chi connectivity index (χ1) is 12.8. The summed E-state index contributed by atoms with van der Waals surface area (Å²) in [5, 5.41) is 9.96. The zero-order valence-corrected chi connectivity index (χ0v) is 14.1. The van der Waals surface area contributed by atoms with Gasteiger partial charge in [0.05, 0.1) is 29.8 Å². The van der Waals surface area contributed by atoms with Gasteiger partial charge in [-0.25, -0.2) is 0 Å². The van der Waals surface area contributed by atoms with E-state index in [2.05, 4.69) is 4.98 Å². The Morgan fingerprint density at radius 3 is 2.56 bits per heavy atom. The molecular formula is C20H16F3NO3. The Bertz CT molecular complexity index is 1010. The van der Waals surface area contributed by atoms with E-state index in [1.807, 2.05) is 0 Å². The third-order valence-corrected chi connectivity index (χ3v) is 4.99. The second-order valence-corrected chi connectivity index (χ2v) is 6.57. The summed E-state index contributed by atoms with van der Waals surface area (Å²) in [7, 11) is 0. The molecule has 1 aromatic heterocycles. The van der Waals surface area contributed by atoms with Gasteiger partial charge in [-0.3, -0.25) is 4.79 Å². The summed E-state index contributed by atoms with van der Waals surface area (Å²) in [4.78, 5) is 14.5. The van der Waals surface area contributed by atoms with Crippen molar-refractivity contribution in [3.05, 3.63) is 70.9 Å². The number of H-pyrrole nitrogens is 1. The number of ether oxygens (including phenoxy) is 1. The van der Waals surface area contributed by atoms with Crippen LogP contribution in [0.5, 0.6) is 0 Å². The van der Waals surface area contributed by atoms with Crippen LogP contribution < -0.4 is 0 Å². The van der Waals surface area contributed by atoms with Crippen LogP contribution in [0.2, 0.25) is 0 Å². The number of hydrogen-bond acceptors (Lipinski definition) is 2. The van der Waals surface area contributed by atoms with Gasteiger partial charge < -0.3 is 14.8 Å². The maximum atomic E-state index is 13.5. The average molecular weight is 375 g/mol. The lowest BCUT2D eigenvalue weighted by Crippen LogP contribution is -2.39. The maximum Gasteiger partial charge on any atom is 0.418 e. The van der Waals surface area contributed by atoms with Gasteiger partial charge in [-0.15, -0.1) is 0 Å². The number of fused-ring (bicyclic) bond motifs is 3. The van der Waals surface area contributed by atoms with Gasteiger partial charge in [-0.1, -0.05) is 42.5 Å². The highest BCUT2D eigenvalue weighted by Gasteiger charge is 2.45. The highest BCUT2D eigenvalue weighted by atomic mass is 19.4. The van der Waals surface area contributed by atoms with Crippen molar-refractivity contribution in [1.82, 2.24) is 4.98 Å². The predicted molar refractivity (Wildman–Crippen MR) is 92.4 cm³/mol. The van der Waals surface area contributed by atoms with Gasteiger partial charge in [-0.2, -0.15) is 13.2 Å². The lowest BCUT2D eigenvalue weighted by atomic mass is 9.82. The third kappa shape index (κ3) is 2.78. The standard InChI is InChI=1S/C20H16F3NO3/c21-20(22,23)15-8-4-7-13-14-9-10-27-19(11-16(25)26,18(14)24-17(13)15)12-5-2-1-3-6-12/h1-8,24H,9-11H2,(H,25,26). The molecule has 4 nitrogen and oxygen atoms in total. The second kappa shape index (κ2) is 6.13. The molecule has 0 radical (unpaired) electrons. The minimum atomic E-state index is -4.52. The molecule has 0 aliphatic carbocycles. The number of rotatable bonds is 3. The molecule has 0 amide bonds. The van der Waals surface area contributed by atoms with Gasteiger partial charge in [0.15, 0.2) is 0 Å². The fraction of sp³-hybridized carbons (Fsp3) is 0.250. The number of carboxylic acid groups (broad SMARTS) is 1. The van der Waals surface area contributed by atoms with E-state index in [4.69, 9.17) is 4.74 Å². The van der Waals surface area contributed by atoms with Crippen LogP contribution in [0, 0.1) is 0 Å². The lowest BCUT2D eigenvalue weighted by molar-refractivity contribution is -0.145. The van der Waals surface area contributed by atoms with E-state index in [-0.39, 0.29) is 12.1 Å². The average Bonchev–Trinajstić information content (AvgIpc) is 3.01. The monoisotopic (exact) mass is 375 g/mol. The smallest absolute Gasteiger partial charge is 0.418 e. The van der Waals surface area contributed by atoms with Crippen LogP contribution in [0.1, 0.15) is 28.8 Å². The molecule has 2 heterocycles. The fourth-order valence-corrected chi connectivity index (χ4v) is 3.90. The van der Waals surface area contributed by atoms with Crippen molar-refractivity contribution in [1.29, 1.82) is 0 Å². The fourth-order valence-electron chi connectivity index (χ4n) is 3.90. The maximum absolute atomic E-state index is 13.5. The number of aromatic amines is 1. The first-order valence-corrected chi connectivity index (χ1v) is 8.45. The molecule has 4 rings (SSSR count). The summed E-state index contributed by atoms with van der Waals surface area (Å²) in [6.07, 6.45) is -4.50. The van der Waals surface area contributed by atoms with E-state index in [1.54, 1.807) is 36.4 Å². The number of halogens is 3. The molecule has 2 aromatic carbocycles. The number of nitrogens with one attached hydrogen (secondary N) is 1. The Balaban J connectivity index is 2.03. The van der Waals surface area contributed by atoms with E-state index < -0.39 is 29.7 Å². The summed E-state index contributed by atoms with van der Waals surface area (Å²) in [5.41, 5.74) is -0.518. The van der Waals surface area contributed by atoms with Gasteiger partial charge in [0.2, 0.25) is 0 Å². The highest BCUT2D eigenvalue weighted by Crippen LogP contribution is 2.45. The van der Waals surface area contributed by atoms with Gasteiger partial charge in [0.25, 0.3) is 0 Å². The van der Waals surface area contributed by atoms with Crippen LogP contribution in [0.25, 0.3) is 10.9 Å². The molecule has 0 saturated heterocycles. The molecule has 1 unspecified atom stereocenters. The molecule has 27 heavy (non-hydrogen) atoms. The predicted octanol–water partition coefficient (Wildman–Crippen LogP) is 4.48. The zero-order valence-electron chi connectivity index (χ0n) is 14.1. The number of aliphatic carboxylic acids is 1. The van der Waals surface area contributed by atoms with Crippen LogP contribution in [0.3, 0.4) is 0 Å². The minimum Gasteiger partial charge on any atom is -0.481 e. The molecule has 3 aromatic rings. The Morgan fingerprint density at radius 1 is 1.15 bits per heavy atom. The van der Waals surface area contributed by atoms with Crippen molar-refractivity contribution < 1.29 is 27.8 Å². The quantitative estimate of drug-likeness (QED) is 0.710. The molecule has 1 aliphatic heterocycles. The van der Waals surface area contributed by atoms with Gasteiger partial charge in [-0.05, 0) is 23.6 Å². The molecule has 1 atom stereocenters. The Kier molecular flexibility index (Phi) is 3.99. The SMILES string of the molecule is O=C(O)CC1(c2ccccc2)OCCc2c1[nH]c1c(C(F)(F)F)cccc21. The third-order valence-electron chi connectivity index (χ3n) is 4.99. The first-order valence-electron chi connectivity index (χ1n) is 8.45. The molecule has 7 heteroatoms. The molecule has 0 fully saturated rings. The van der Waals surface area contributed by atoms with Crippen molar-refractivity contribution in [2.75, 3.05) is 6.61 Å². The summed E-state index contributed by atoms with van der Waals surface area (Å²) in [6.45, 7) is 0.221. The highest BCUT2D eigenvalue weighted by molar-refractivity contribution is 5.89. The molecular weight excluding hydrogens is 359 g/mol. The topological polar surface area (TPSA) is 62.3 Å². The van der Waals surface area contributed by atoms with Crippen molar-refractivity contribution in [2.45, 2.75) is 24.6 Å². The normalized spacial score (nSPS) is 19.8. The van der Waals surface area contributed by atoms with E-state index in [1.165, 1.54) is 6.07 Å². The largest absolute Gasteiger partial charge is 0.481 e. The summed E-state index contributed by atoms with van der Waals surface area (Å²) in [6, 6.07) is 12.8. The van der Waals surface area contributed by atoms with Gasteiger partial charge in [0.1, 0.15) is 5.60 Å². The molecule has 1 aliphatic rings. The number of hydrogen-bond donors (Lipinski definition) is 2. The van der Waals surface area contributed by atoms with E-state index >= 15 is 0 Å². The van der Waals surface area contributed by atoms with Crippen LogP contribution in [-0.4, -0.2) is 22.7 Å². The number of carboxylic acids is 1. The molecule has 0 spiro atoms. The number of benzene rings is 2. The Labute approximate surface area is 152 Å². The van der Waals surface area contributed by atoms with Crippen molar-refractivity contribution in [3.8, 4) is 0 Å². The minimum absolute atomic E-state index is 0.0359. The number of aromatic nitrogens is 1. The van der Waals surface area contributed by atoms with Crippen LogP contribution in [0.15, 0.2) is 48.5 Å². The Morgan fingerprint density at radius 2 is 1.89 bits per heavy atom.